The highest BCUT2D eigenvalue weighted by Gasteiger charge is 2.17. The molecule has 0 aliphatic rings. The van der Waals surface area contributed by atoms with Crippen molar-refractivity contribution in [2.45, 2.75) is 0 Å². The molecule has 2 heterocycles. The largest absolute Gasteiger partial charge is 0.497 e. The van der Waals surface area contributed by atoms with E-state index in [0.29, 0.717) is 45.3 Å². The quantitative estimate of drug-likeness (QED) is 0.329. The van der Waals surface area contributed by atoms with Crippen molar-refractivity contribution >= 4 is 22.6 Å². The molecule has 8 nitrogen and oxygen atoms in total. The van der Waals surface area contributed by atoms with E-state index in [1.807, 2.05) is 30.3 Å². The van der Waals surface area contributed by atoms with E-state index in [1.165, 1.54) is 6.08 Å². The number of imidazole rings is 1. The van der Waals surface area contributed by atoms with Crippen LogP contribution < -0.4 is 20.5 Å². The Kier molecular flexibility index (Phi) is 6.07. The van der Waals surface area contributed by atoms with Crippen LogP contribution >= 0.6 is 0 Å². The first kappa shape index (κ1) is 22.7. The molecule has 36 heavy (non-hydrogen) atoms. The number of carbonyl (C=O) groups is 1. The molecule has 1 amide bonds. The summed E-state index contributed by atoms with van der Waals surface area (Å²) in [5.74, 6) is 1.63. The third kappa shape index (κ3) is 4.35. The number of pyridine rings is 1. The van der Waals surface area contributed by atoms with Gasteiger partial charge < -0.3 is 14.8 Å². The molecule has 0 fully saturated rings. The highest BCUT2D eigenvalue weighted by molar-refractivity contribution is 5.99. The summed E-state index contributed by atoms with van der Waals surface area (Å²) in [6, 6.07) is 23.4. The summed E-state index contributed by atoms with van der Waals surface area (Å²) in [6.07, 6.45) is 4.48. The van der Waals surface area contributed by atoms with Crippen LogP contribution in [0.2, 0.25) is 0 Å². The number of nitrogens with one attached hydrogen (secondary N) is 1. The van der Waals surface area contributed by atoms with E-state index in [1.54, 1.807) is 77.2 Å². The first-order valence-corrected chi connectivity index (χ1v) is 11.1. The number of anilines is 1. The SMILES string of the molecule is C=CC(=O)Nc1cccc(-n2c(=O)n(-c3ccc(Oc4cccc(OC)c4)cc3)c3cnccc32)c1. The molecule has 178 valence electrons. The van der Waals surface area contributed by atoms with Crippen LogP contribution in [0.5, 0.6) is 17.2 Å². The van der Waals surface area contributed by atoms with Crippen molar-refractivity contribution < 1.29 is 14.3 Å². The molecule has 5 rings (SSSR count). The first-order chi connectivity index (χ1) is 17.6. The van der Waals surface area contributed by atoms with Crippen molar-refractivity contribution in [2.75, 3.05) is 12.4 Å². The molecule has 0 spiro atoms. The lowest BCUT2D eigenvalue weighted by molar-refractivity contribution is -0.111. The van der Waals surface area contributed by atoms with Gasteiger partial charge in [0.25, 0.3) is 0 Å². The average Bonchev–Trinajstić information content (AvgIpc) is 3.21. The number of amides is 1. The van der Waals surface area contributed by atoms with Gasteiger partial charge in [-0.05, 0) is 66.7 Å². The number of hydrogen-bond donors (Lipinski definition) is 1. The Bertz CT molecular complexity index is 1630. The monoisotopic (exact) mass is 478 g/mol. The number of aromatic nitrogens is 3. The van der Waals surface area contributed by atoms with Gasteiger partial charge in [0.2, 0.25) is 5.91 Å². The van der Waals surface area contributed by atoms with Crippen molar-refractivity contribution in [1.29, 1.82) is 0 Å². The van der Waals surface area contributed by atoms with Gasteiger partial charge in [-0.15, -0.1) is 0 Å². The summed E-state index contributed by atoms with van der Waals surface area (Å²) in [7, 11) is 1.60. The fourth-order valence-electron chi connectivity index (χ4n) is 3.93. The molecule has 1 N–H and O–H groups in total. The van der Waals surface area contributed by atoms with E-state index in [0.717, 1.165) is 0 Å². The van der Waals surface area contributed by atoms with Gasteiger partial charge in [-0.25, -0.2) is 4.79 Å². The number of nitrogens with zero attached hydrogens (tertiary/aromatic N) is 3. The fraction of sp³-hybridized carbons (Fsp3) is 0.0357. The van der Waals surface area contributed by atoms with E-state index in [4.69, 9.17) is 9.47 Å². The smallest absolute Gasteiger partial charge is 0.338 e. The molecule has 5 aromatic rings. The van der Waals surface area contributed by atoms with Crippen LogP contribution in [0.3, 0.4) is 0 Å². The molecule has 0 bridgehead atoms. The number of carbonyl (C=O) groups excluding carboxylic acids is 1. The maximum Gasteiger partial charge on any atom is 0.338 e. The highest BCUT2D eigenvalue weighted by Crippen LogP contribution is 2.27. The van der Waals surface area contributed by atoms with Crippen LogP contribution in [0.25, 0.3) is 22.4 Å². The van der Waals surface area contributed by atoms with Gasteiger partial charge in [0.15, 0.2) is 0 Å². The van der Waals surface area contributed by atoms with Gasteiger partial charge in [0, 0.05) is 18.0 Å². The molecular formula is C28H22N4O4. The van der Waals surface area contributed by atoms with Gasteiger partial charge in [-0.2, -0.15) is 0 Å². The molecule has 2 aromatic heterocycles. The summed E-state index contributed by atoms with van der Waals surface area (Å²) < 4.78 is 14.3. The first-order valence-electron chi connectivity index (χ1n) is 11.1. The number of ether oxygens (including phenoxy) is 2. The van der Waals surface area contributed by atoms with Crippen LogP contribution in [0.4, 0.5) is 5.69 Å². The van der Waals surface area contributed by atoms with E-state index >= 15 is 0 Å². The van der Waals surface area contributed by atoms with Crippen molar-refractivity contribution in [3.8, 4) is 28.6 Å². The van der Waals surface area contributed by atoms with E-state index in [2.05, 4.69) is 16.9 Å². The van der Waals surface area contributed by atoms with Crippen molar-refractivity contribution in [2.24, 2.45) is 0 Å². The lowest BCUT2D eigenvalue weighted by atomic mass is 10.2. The Labute approximate surface area is 206 Å². The van der Waals surface area contributed by atoms with Crippen molar-refractivity contribution in [3.05, 3.63) is 114 Å². The predicted octanol–water partition coefficient (Wildman–Crippen LogP) is 5.10. The summed E-state index contributed by atoms with van der Waals surface area (Å²) in [4.78, 5) is 29.6. The molecule has 0 saturated heterocycles. The second-order valence-electron chi connectivity index (χ2n) is 7.84. The summed E-state index contributed by atoms with van der Waals surface area (Å²) >= 11 is 0. The van der Waals surface area contributed by atoms with E-state index in [-0.39, 0.29) is 11.6 Å². The third-order valence-corrected chi connectivity index (χ3v) is 5.57. The minimum Gasteiger partial charge on any atom is -0.497 e. The maximum absolute atomic E-state index is 13.7. The molecule has 0 atom stereocenters. The van der Waals surface area contributed by atoms with Crippen LogP contribution in [0.15, 0.2) is 109 Å². The predicted molar refractivity (Wildman–Crippen MR) is 139 cm³/mol. The second kappa shape index (κ2) is 9.63. The van der Waals surface area contributed by atoms with Crippen LogP contribution in [-0.4, -0.2) is 27.1 Å². The number of methoxy groups -OCH3 is 1. The summed E-state index contributed by atoms with van der Waals surface area (Å²) in [6.45, 7) is 3.47. The van der Waals surface area contributed by atoms with Crippen molar-refractivity contribution in [3.63, 3.8) is 0 Å². The number of rotatable bonds is 7. The zero-order valence-corrected chi connectivity index (χ0v) is 19.4. The lowest BCUT2D eigenvalue weighted by Crippen LogP contribution is -2.22. The molecule has 3 aromatic carbocycles. The summed E-state index contributed by atoms with van der Waals surface area (Å²) in [5.41, 5.74) is 2.87. The van der Waals surface area contributed by atoms with E-state index in [9.17, 15) is 9.59 Å². The zero-order chi connectivity index (χ0) is 25.1. The summed E-state index contributed by atoms with van der Waals surface area (Å²) in [5, 5.41) is 2.73. The Morgan fingerprint density at radius 1 is 0.889 bits per heavy atom. The molecule has 0 unspecified atom stereocenters. The normalized spacial score (nSPS) is 10.7. The van der Waals surface area contributed by atoms with Gasteiger partial charge in [-0.3, -0.25) is 18.9 Å². The van der Waals surface area contributed by atoms with Crippen molar-refractivity contribution in [1.82, 2.24) is 14.1 Å². The second-order valence-corrected chi connectivity index (χ2v) is 7.84. The Hall–Kier alpha value is -5.11. The topological polar surface area (TPSA) is 87.4 Å². The molecule has 0 radical (unpaired) electrons. The highest BCUT2D eigenvalue weighted by atomic mass is 16.5. The van der Waals surface area contributed by atoms with Gasteiger partial charge in [0.1, 0.15) is 17.2 Å². The average molecular weight is 479 g/mol. The maximum atomic E-state index is 13.7. The molecule has 0 aliphatic heterocycles. The number of fused-ring (bicyclic) bond motifs is 1. The Morgan fingerprint density at radius 3 is 2.42 bits per heavy atom. The standard InChI is InChI=1S/C28H22N4O4/c1-3-27(33)30-19-6-4-7-21(16-19)32-25-14-15-29-18-26(25)31(28(32)34)20-10-12-22(13-11-20)36-24-9-5-8-23(17-24)35-2/h3-18H,1H2,2H3,(H,30,33). The lowest BCUT2D eigenvalue weighted by Gasteiger charge is -2.09. The van der Waals surface area contributed by atoms with Crippen LogP contribution in [0.1, 0.15) is 0 Å². The Morgan fingerprint density at radius 2 is 1.64 bits per heavy atom. The molecule has 0 aliphatic carbocycles. The Balaban J connectivity index is 1.54. The minimum absolute atomic E-state index is 0.272. The molecule has 0 saturated carbocycles. The van der Waals surface area contributed by atoms with Gasteiger partial charge in [0.05, 0.1) is 35.7 Å². The van der Waals surface area contributed by atoms with Gasteiger partial charge >= 0.3 is 5.69 Å². The minimum atomic E-state index is -0.331. The van der Waals surface area contributed by atoms with Crippen LogP contribution in [-0.2, 0) is 4.79 Å². The zero-order valence-electron chi connectivity index (χ0n) is 19.4. The fourth-order valence-corrected chi connectivity index (χ4v) is 3.93. The number of benzene rings is 3. The number of hydrogen-bond acceptors (Lipinski definition) is 5. The molecule has 8 heteroatoms. The third-order valence-electron chi connectivity index (χ3n) is 5.57. The van der Waals surface area contributed by atoms with E-state index < -0.39 is 0 Å². The molecular weight excluding hydrogens is 456 g/mol. The van der Waals surface area contributed by atoms with Gasteiger partial charge in [-0.1, -0.05) is 18.7 Å². The van der Waals surface area contributed by atoms with Crippen LogP contribution in [0, 0.1) is 0 Å².